The molecule has 4 unspecified atom stereocenters. The standard InChI is InChI=1S/C34H39Cl2N3O5S/c1-45(2,3)19-18-43-34(42)27-13-6-7-14-29(27)39-31(26-16-15-22(35)20-28(26)36)30(24-11-4-5-12-25(24)33(39)41)32(40)38-44-21-23-10-8-9-17-37-23/h4-5,8-12,15-17,20,27,29-31H,6-7,13-14,18-19,21H2,1-3H3,(H,38,40). The predicted octanol–water partition coefficient (Wildman–Crippen LogP) is 6.71. The predicted molar refractivity (Wildman–Crippen MR) is 179 cm³/mol. The fourth-order valence-corrected chi connectivity index (χ4v) is 7.32. The van der Waals surface area contributed by atoms with Crippen molar-refractivity contribution in [3.63, 3.8) is 0 Å². The Hall–Kier alpha value is -3.11. The van der Waals surface area contributed by atoms with Crippen molar-refractivity contribution >= 4 is 51.0 Å². The molecule has 240 valence electrons. The molecule has 1 saturated carbocycles. The first-order chi connectivity index (χ1) is 21.5. The summed E-state index contributed by atoms with van der Waals surface area (Å²) in [5.74, 6) is -1.66. The molecule has 11 heteroatoms. The minimum atomic E-state index is -0.899. The van der Waals surface area contributed by atoms with Gasteiger partial charge in [-0.05, 0) is 73.1 Å². The first-order valence-corrected chi connectivity index (χ1v) is 18.8. The van der Waals surface area contributed by atoms with Crippen molar-refractivity contribution in [2.24, 2.45) is 5.92 Å². The molecule has 3 aromatic rings. The zero-order chi connectivity index (χ0) is 32.1. The Kier molecular flexibility index (Phi) is 10.7. The molecule has 1 aromatic heterocycles. The van der Waals surface area contributed by atoms with Gasteiger partial charge in [0, 0.05) is 33.6 Å². The molecule has 2 aliphatic rings. The summed E-state index contributed by atoms with van der Waals surface area (Å²) in [6.45, 7) is 0.394. The zero-order valence-electron chi connectivity index (χ0n) is 25.7. The van der Waals surface area contributed by atoms with E-state index < -0.39 is 39.9 Å². The van der Waals surface area contributed by atoms with Crippen LogP contribution in [-0.4, -0.2) is 64.8 Å². The molecule has 2 amide bonds. The highest BCUT2D eigenvalue weighted by atomic mass is 35.5. The number of nitrogens with zero attached hydrogens (tertiary/aromatic N) is 2. The second-order valence-electron chi connectivity index (χ2n) is 12.4. The molecule has 1 aliphatic heterocycles. The largest absolute Gasteiger partial charge is 0.465 e. The lowest BCUT2D eigenvalue weighted by Gasteiger charge is -2.48. The lowest BCUT2D eigenvalue weighted by Crippen LogP contribution is -2.55. The summed E-state index contributed by atoms with van der Waals surface area (Å²) in [6.07, 6.45) is 11.0. The number of halogens is 2. The molecule has 0 bridgehead atoms. The van der Waals surface area contributed by atoms with E-state index in [9.17, 15) is 14.4 Å². The van der Waals surface area contributed by atoms with E-state index in [1.54, 1.807) is 65.7 Å². The van der Waals surface area contributed by atoms with Crippen molar-refractivity contribution in [3.05, 3.63) is 99.3 Å². The number of carbonyl (C=O) groups excluding carboxylic acids is 3. The first-order valence-electron chi connectivity index (χ1n) is 15.1. The maximum absolute atomic E-state index is 14.5. The number of fused-ring (bicyclic) bond motifs is 1. The molecule has 0 spiro atoms. The van der Waals surface area contributed by atoms with Crippen LogP contribution in [0.2, 0.25) is 10.0 Å². The van der Waals surface area contributed by atoms with Crippen molar-refractivity contribution < 1.29 is 24.0 Å². The highest BCUT2D eigenvalue weighted by Crippen LogP contribution is 2.48. The van der Waals surface area contributed by atoms with Crippen LogP contribution in [0.15, 0.2) is 66.9 Å². The maximum Gasteiger partial charge on any atom is 0.311 e. The van der Waals surface area contributed by atoms with Crippen LogP contribution < -0.4 is 5.48 Å². The van der Waals surface area contributed by atoms with E-state index in [1.807, 2.05) is 6.07 Å². The lowest BCUT2D eigenvalue weighted by atomic mass is 9.75. The van der Waals surface area contributed by atoms with E-state index in [1.165, 1.54) is 0 Å². The van der Waals surface area contributed by atoms with Gasteiger partial charge in [0.2, 0.25) is 0 Å². The van der Waals surface area contributed by atoms with Gasteiger partial charge in [0.1, 0.15) is 6.61 Å². The lowest BCUT2D eigenvalue weighted by molar-refractivity contribution is -0.152. The molecular weight excluding hydrogens is 633 g/mol. The van der Waals surface area contributed by atoms with Crippen LogP contribution >= 0.6 is 33.2 Å². The molecule has 5 rings (SSSR count). The molecule has 1 aliphatic carbocycles. The van der Waals surface area contributed by atoms with Crippen LogP contribution in [0.5, 0.6) is 0 Å². The number of amides is 2. The number of benzene rings is 2. The van der Waals surface area contributed by atoms with Crippen molar-refractivity contribution in [3.8, 4) is 0 Å². The molecule has 45 heavy (non-hydrogen) atoms. The van der Waals surface area contributed by atoms with Gasteiger partial charge in [0.05, 0.1) is 30.2 Å². The second kappa shape index (κ2) is 14.5. The van der Waals surface area contributed by atoms with Gasteiger partial charge in [0.25, 0.3) is 11.8 Å². The topological polar surface area (TPSA) is 97.8 Å². The number of carbonyl (C=O) groups is 3. The minimum absolute atomic E-state index is 0.0583. The Morgan fingerprint density at radius 3 is 2.49 bits per heavy atom. The monoisotopic (exact) mass is 671 g/mol. The van der Waals surface area contributed by atoms with E-state index >= 15 is 0 Å². The van der Waals surface area contributed by atoms with Gasteiger partial charge in [0.15, 0.2) is 0 Å². The minimum Gasteiger partial charge on any atom is -0.465 e. The van der Waals surface area contributed by atoms with E-state index in [0.717, 1.165) is 18.6 Å². The molecule has 8 nitrogen and oxygen atoms in total. The van der Waals surface area contributed by atoms with Crippen molar-refractivity contribution in [1.82, 2.24) is 15.4 Å². The third kappa shape index (κ3) is 7.83. The van der Waals surface area contributed by atoms with Crippen LogP contribution in [-0.2, 0) is 25.8 Å². The zero-order valence-corrected chi connectivity index (χ0v) is 28.0. The number of hydrogen-bond acceptors (Lipinski definition) is 6. The summed E-state index contributed by atoms with van der Waals surface area (Å²) in [5, 5.41) is 0.748. The Bertz CT molecular complexity index is 1530. The number of hydroxylamine groups is 1. The van der Waals surface area contributed by atoms with Crippen molar-refractivity contribution in [1.29, 1.82) is 0 Å². The molecular formula is C34H39Cl2N3O5S. The number of rotatable bonds is 10. The molecule has 2 heterocycles. The SMILES string of the molecule is CS(C)(C)CCOC(=O)C1CCCCC1N1C(=O)c2ccccc2C(C(=O)NOCc2ccccn2)C1c1ccc(Cl)cc1Cl. The number of ether oxygens (including phenoxy) is 1. The third-order valence-electron chi connectivity index (χ3n) is 8.39. The van der Waals surface area contributed by atoms with E-state index in [0.29, 0.717) is 51.9 Å². The molecule has 0 saturated heterocycles. The Balaban J connectivity index is 1.54. The Morgan fingerprint density at radius 2 is 1.76 bits per heavy atom. The Morgan fingerprint density at radius 1 is 1.00 bits per heavy atom. The maximum atomic E-state index is 14.5. The summed E-state index contributed by atoms with van der Waals surface area (Å²) in [7, 11) is -0.850. The fraction of sp³-hybridized carbons (Fsp3) is 0.412. The van der Waals surface area contributed by atoms with E-state index in [2.05, 4.69) is 29.2 Å². The van der Waals surface area contributed by atoms with E-state index in [4.69, 9.17) is 32.8 Å². The van der Waals surface area contributed by atoms with Crippen molar-refractivity contribution in [2.75, 3.05) is 31.1 Å². The number of pyridine rings is 1. The summed E-state index contributed by atoms with van der Waals surface area (Å²) >= 11 is 13.1. The van der Waals surface area contributed by atoms with Gasteiger partial charge in [-0.3, -0.25) is 24.2 Å². The molecule has 2 aromatic carbocycles. The molecule has 1 N–H and O–H groups in total. The smallest absolute Gasteiger partial charge is 0.311 e. The van der Waals surface area contributed by atoms with Gasteiger partial charge in [-0.1, -0.05) is 66.4 Å². The highest BCUT2D eigenvalue weighted by Gasteiger charge is 2.50. The van der Waals surface area contributed by atoms with Crippen LogP contribution in [0, 0.1) is 5.92 Å². The molecule has 1 fully saturated rings. The average molecular weight is 673 g/mol. The third-order valence-corrected chi connectivity index (χ3v) is 10.3. The van der Waals surface area contributed by atoms with Crippen LogP contribution in [0.3, 0.4) is 0 Å². The van der Waals surface area contributed by atoms with Crippen molar-refractivity contribution in [2.45, 2.75) is 50.3 Å². The number of aromatic nitrogens is 1. The normalized spacial score (nSPS) is 22.0. The number of nitrogens with one attached hydrogen (secondary N) is 1. The molecule has 4 atom stereocenters. The summed E-state index contributed by atoms with van der Waals surface area (Å²) in [6, 6.07) is 16.2. The molecule has 0 radical (unpaired) electrons. The number of hydrogen-bond donors (Lipinski definition) is 1. The van der Waals surface area contributed by atoms with Gasteiger partial charge >= 0.3 is 5.97 Å². The quantitative estimate of drug-likeness (QED) is 0.190. The van der Waals surface area contributed by atoms with Crippen LogP contribution in [0.1, 0.15) is 64.8 Å². The highest BCUT2D eigenvalue weighted by molar-refractivity contribution is 8.32. The fourth-order valence-electron chi connectivity index (χ4n) is 6.22. The Labute approximate surface area is 276 Å². The van der Waals surface area contributed by atoms with Gasteiger partial charge < -0.3 is 9.64 Å². The average Bonchev–Trinajstić information content (AvgIpc) is 3.01. The summed E-state index contributed by atoms with van der Waals surface area (Å²) < 4.78 is 5.83. The van der Waals surface area contributed by atoms with Crippen LogP contribution in [0.4, 0.5) is 0 Å². The van der Waals surface area contributed by atoms with Gasteiger partial charge in [-0.15, -0.1) is 0 Å². The summed E-state index contributed by atoms with van der Waals surface area (Å²) in [4.78, 5) is 53.9. The summed E-state index contributed by atoms with van der Waals surface area (Å²) in [5.41, 5.74) is 4.77. The van der Waals surface area contributed by atoms with Crippen LogP contribution in [0.25, 0.3) is 0 Å². The first kappa shape index (κ1) is 33.3. The number of esters is 1. The second-order valence-corrected chi connectivity index (χ2v) is 17.8. The van der Waals surface area contributed by atoms with Gasteiger partial charge in [-0.25, -0.2) is 15.5 Å². The van der Waals surface area contributed by atoms with Gasteiger partial charge in [-0.2, -0.15) is 0 Å². The van der Waals surface area contributed by atoms with E-state index in [-0.39, 0.29) is 18.5 Å².